The van der Waals surface area contributed by atoms with E-state index in [-0.39, 0.29) is 17.7 Å². The van der Waals surface area contributed by atoms with Gasteiger partial charge in [0.1, 0.15) is 0 Å². The Kier molecular flexibility index (Phi) is 5.31. The molecule has 1 aliphatic rings. The minimum atomic E-state index is -1.03. The topological polar surface area (TPSA) is 69.6 Å². The van der Waals surface area contributed by atoms with E-state index in [1.54, 1.807) is 0 Å². The first-order valence-electron chi connectivity index (χ1n) is 8.99. The lowest BCUT2D eigenvalue weighted by Gasteiger charge is -2.38. The molecule has 0 aromatic heterocycles. The van der Waals surface area contributed by atoms with Gasteiger partial charge in [0, 0.05) is 42.9 Å². The molecule has 2 N–H and O–H groups in total. The van der Waals surface area contributed by atoms with Gasteiger partial charge in [0.2, 0.25) is 0 Å². The summed E-state index contributed by atoms with van der Waals surface area (Å²) in [5.74, 6) is -0.134. The van der Waals surface area contributed by atoms with Crippen molar-refractivity contribution in [2.75, 3.05) is 19.0 Å². The van der Waals surface area contributed by atoms with E-state index in [0.717, 1.165) is 29.7 Å². The lowest BCUT2D eigenvalue weighted by molar-refractivity contribution is 0.105. The number of Topliss-reactive ketones (excluding diaryl/α,β-unsaturated/α-hetero) is 1. The molecule has 5 heteroatoms. The molecular formula is C22H24N2O3. The maximum atomic E-state index is 13.4. The summed E-state index contributed by atoms with van der Waals surface area (Å²) in [7, 11) is 3.80. The Balaban J connectivity index is 2.03. The molecular weight excluding hydrogens is 340 g/mol. The molecule has 140 valence electrons. The molecule has 2 atom stereocenters. The number of allylic oxidation sites excluding steroid dienone is 1. The fraction of sp³-hybridized carbons (Fsp3) is 0.273. The summed E-state index contributed by atoms with van der Waals surface area (Å²) >= 11 is 0. The highest BCUT2D eigenvalue weighted by Crippen LogP contribution is 2.42. The van der Waals surface area contributed by atoms with Crippen LogP contribution in [0.15, 0.2) is 55.1 Å². The molecule has 1 amide bonds. The summed E-state index contributed by atoms with van der Waals surface area (Å²) in [6.45, 7) is 4.04. The predicted octanol–water partition coefficient (Wildman–Crippen LogP) is 4.16. The van der Waals surface area contributed by atoms with E-state index in [9.17, 15) is 9.59 Å². The van der Waals surface area contributed by atoms with Crippen molar-refractivity contribution in [1.29, 1.82) is 0 Å². The SMILES string of the molecule is C=C(C(=O)c1c(C2CCC2NC(=O)O)cccc1N(C)C)c1ccccc1. The third kappa shape index (κ3) is 3.72. The van der Waals surface area contributed by atoms with Crippen molar-refractivity contribution < 1.29 is 14.7 Å². The molecule has 5 nitrogen and oxygen atoms in total. The van der Waals surface area contributed by atoms with Gasteiger partial charge in [0.25, 0.3) is 0 Å². The second-order valence-corrected chi connectivity index (χ2v) is 7.05. The first kappa shape index (κ1) is 18.7. The van der Waals surface area contributed by atoms with Crippen molar-refractivity contribution in [3.63, 3.8) is 0 Å². The lowest BCUT2D eigenvalue weighted by atomic mass is 9.72. The van der Waals surface area contributed by atoms with Crippen molar-refractivity contribution in [3.8, 4) is 0 Å². The fourth-order valence-corrected chi connectivity index (χ4v) is 3.61. The molecule has 27 heavy (non-hydrogen) atoms. The molecule has 0 spiro atoms. The van der Waals surface area contributed by atoms with Crippen molar-refractivity contribution in [1.82, 2.24) is 5.32 Å². The zero-order chi connectivity index (χ0) is 19.6. The summed E-state index contributed by atoms with van der Waals surface area (Å²) in [5, 5.41) is 11.6. The van der Waals surface area contributed by atoms with Crippen LogP contribution in [0.3, 0.4) is 0 Å². The van der Waals surface area contributed by atoms with Crippen molar-refractivity contribution >= 4 is 23.1 Å². The molecule has 1 saturated carbocycles. The number of benzene rings is 2. The third-order valence-corrected chi connectivity index (χ3v) is 5.16. The summed E-state index contributed by atoms with van der Waals surface area (Å²) < 4.78 is 0. The third-order valence-electron chi connectivity index (χ3n) is 5.16. The predicted molar refractivity (Wildman–Crippen MR) is 107 cm³/mol. The highest BCUT2D eigenvalue weighted by molar-refractivity contribution is 6.30. The number of ketones is 1. The smallest absolute Gasteiger partial charge is 0.404 e. The Hall–Kier alpha value is -3.08. The number of hydrogen-bond acceptors (Lipinski definition) is 3. The van der Waals surface area contributed by atoms with E-state index >= 15 is 0 Å². The van der Waals surface area contributed by atoms with Gasteiger partial charge in [0.05, 0.1) is 0 Å². The van der Waals surface area contributed by atoms with Crippen LogP contribution in [-0.4, -0.2) is 37.1 Å². The number of nitrogens with zero attached hydrogens (tertiary/aromatic N) is 1. The number of carboxylic acid groups (broad SMARTS) is 1. The molecule has 1 fully saturated rings. The van der Waals surface area contributed by atoms with Gasteiger partial charge in [-0.05, 0) is 30.0 Å². The van der Waals surface area contributed by atoms with Gasteiger partial charge in [-0.2, -0.15) is 0 Å². The van der Waals surface area contributed by atoms with Crippen LogP contribution in [0.25, 0.3) is 5.57 Å². The molecule has 0 aliphatic heterocycles. The van der Waals surface area contributed by atoms with E-state index in [0.29, 0.717) is 11.1 Å². The number of hydrogen-bond donors (Lipinski definition) is 2. The van der Waals surface area contributed by atoms with Gasteiger partial charge in [-0.25, -0.2) is 4.79 Å². The zero-order valence-electron chi connectivity index (χ0n) is 15.6. The van der Waals surface area contributed by atoms with Crippen LogP contribution < -0.4 is 10.2 Å². The first-order chi connectivity index (χ1) is 12.9. The van der Waals surface area contributed by atoms with Crippen LogP contribution in [0, 0.1) is 0 Å². The molecule has 2 unspecified atom stereocenters. The number of carbonyl (C=O) groups is 2. The fourth-order valence-electron chi connectivity index (χ4n) is 3.61. The highest BCUT2D eigenvalue weighted by Gasteiger charge is 2.36. The average Bonchev–Trinajstić information content (AvgIpc) is 2.64. The number of amides is 1. The first-order valence-corrected chi connectivity index (χ1v) is 8.99. The Labute approximate surface area is 159 Å². The van der Waals surface area contributed by atoms with E-state index in [2.05, 4.69) is 11.9 Å². The second-order valence-electron chi connectivity index (χ2n) is 7.05. The minimum Gasteiger partial charge on any atom is -0.465 e. The molecule has 2 aromatic rings. The summed E-state index contributed by atoms with van der Waals surface area (Å²) in [6.07, 6.45) is 0.589. The number of nitrogens with one attached hydrogen (secondary N) is 1. The summed E-state index contributed by atoms with van der Waals surface area (Å²) in [4.78, 5) is 26.4. The Bertz CT molecular complexity index is 874. The number of rotatable bonds is 6. The molecule has 3 rings (SSSR count). The molecule has 0 radical (unpaired) electrons. The van der Waals surface area contributed by atoms with Crippen LogP contribution in [0.2, 0.25) is 0 Å². The van der Waals surface area contributed by atoms with Gasteiger partial charge in [0.15, 0.2) is 5.78 Å². The van der Waals surface area contributed by atoms with Crippen LogP contribution in [0.5, 0.6) is 0 Å². The zero-order valence-corrected chi connectivity index (χ0v) is 15.6. The van der Waals surface area contributed by atoms with Gasteiger partial charge < -0.3 is 15.3 Å². The van der Waals surface area contributed by atoms with Crippen molar-refractivity contribution in [2.45, 2.75) is 24.8 Å². The number of anilines is 1. The largest absolute Gasteiger partial charge is 0.465 e. The number of carbonyl (C=O) groups excluding carboxylic acids is 1. The van der Waals surface area contributed by atoms with Gasteiger partial charge in [-0.3, -0.25) is 4.79 Å². The summed E-state index contributed by atoms with van der Waals surface area (Å²) in [6, 6.07) is 15.0. The Morgan fingerprint density at radius 2 is 1.78 bits per heavy atom. The standard InChI is InChI=1S/C22H24N2O3/c1-14(15-8-5-4-6-9-15)21(25)20-17(10-7-11-19(20)24(2)3)16-12-13-18(16)23-22(26)27/h4-11,16,18,23H,1,12-13H2,2-3H3,(H,26,27). The molecule has 0 bridgehead atoms. The van der Waals surface area contributed by atoms with E-state index in [4.69, 9.17) is 5.11 Å². The Morgan fingerprint density at radius 3 is 2.33 bits per heavy atom. The monoisotopic (exact) mass is 364 g/mol. The van der Waals surface area contributed by atoms with Gasteiger partial charge in [-0.1, -0.05) is 49.0 Å². The molecule has 0 heterocycles. The van der Waals surface area contributed by atoms with Crippen LogP contribution in [0.4, 0.5) is 10.5 Å². The minimum absolute atomic E-state index is 0.0106. The molecule has 2 aromatic carbocycles. The van der Waals surface area contributed by atoms with Crippen LogP contribution >= 0.6 is 0 Å². The van der Waals surface area contributed by atoms with Gasteiger partial charge in [-0.15, -0.1) is 0 Å². The normalized spacial score (nSPS) is 18.3. The lowest BCUT2D eigenvalue weighted by Crippen LogP contribution is -2.45. The maximum Gasteiger partial charge on any atom is 0.404 e. The second kappa shape index (κ2) is 7.66. The van der Waals surface area contributed by atoms with Crippen molar-refractivity contribution in [3.05, 3.63) is 71.8 Å². The highest BCUT2D eigenvalue weighted by atomic mass is 16.4. The van der Waals surface area contributed by atoms with Crippen LogP contribution in [-0.2, 0) is 0 Å². The van der Waals surface area contributed by atoms with Gasteiger partial charge >= 0.3 is 6.09 Å². The summed E-state index contributed by atoms with van der Waals surface area (Å²) in [5.41, 5.74) is 3.53. The molecule has 0 saturated heterocycles. The van der Waals surface area contributed by atoms with Crippen LogP contribution in [0.1, 0.15) is 40.2 Å². The Morgan fingerprint density at radius 1 is 1.07 bits per heavy atom. The van der Waals surface area contributed by atoms with E-state index < -0.39 is 6.09 Å². The average molecular weight is 364 g/mol. The van der Waals surface area contributed by atoms with Crippen molar-refractivity contribution in [2.24, 2.45) is 0 Å². The van der Waals surface area contributed by atoms with E-state index in [1.807, 2.05) is 67.5 Å². The van der Waals surface area contributed by atoms with E-state index in [1.165, 1.54) is 0 Å². The maximum absolute atomic E-state index is 13.4. The quantitative estimate of drug-likeness (QED) is 0.596. The molecule has 1 aliphatic carbocycles.